The van der Waals surface area contributed by atoms with Crippen molar-refractivity contribution in [1.29, 1.82) is 0 Å². The van der Waals surface area contributed by atoms with Gasteiger partial charge in [-0.2, -0.15) is 0 Å². The lowest BCUT2D eigenvalue weighted by Crippen LogP contribution is -2.50. The van der Waals surface area contributed by atoms with E-state index in [1.807, 2.05) is 0 Å². The van der Waals surface area contributed by atoms with Gasteiger partial charge < -0.3 is 15.7 Å². The molecule has 2 rings (SSSR count). The van der Waals surface area contributed by atoms with Crippen molar-refractivity contribution >= 4 is 29.2 Å². The maximum Gasteiger partial charge on any atom is 0.325 e. The minimum atomic E-state index is -1.54. The highest BCUT2D eigenvalue weighted by Gasteiger charge is 2.44. The van der Waals surface area contributed by atoms with Crippen LogP contribution in [0.3, 0.4) is 0 Å². The molecule has 1 amide bonds. The van der Waals surface area contributed by atoms with Crippen LogP contribution >= 0.6 is 11.6 Å². The smallest absolute Gasteiger partial charge is 0.325 e. The van der Waals surface area contributed by atoms with Gasteiger partial charge >= 0.3 is 5.97 Å². The van der Waals surface area contributed by atoms with E-state index in [4.69, 9.17) is 22.4 Å². The van der Waals surface area contributed by atoms with E-state index >= 15 is 0 Å². The van der Waals surface area contributed by atoms with E-state index in [1.165, 1.54) is 23.1 Å². The zero-order valence-corrected chi connectivity index (χ0v) is 11.5. The van der Waals surface area contributed by atoms with Crippen LogP contribution in [0.5, 0.6) is 0 Å². The summed E-state index contributed by atoms with van der Waals surface area (Å²) in [7, 11) is 0. The first kappa shape index (κ1) is 15.2. The number of nitro benzene ring substituents is 1. The number of hydrogen-bond donors (Lipinski definition) is 2. The molecule has 1 unspecified atom stereocenters. The lowest BCUT2D eigenvalue weighted by atomic mass is 10.0. The Labute approximate surface area is 124 Å². The first-order chi connectivity index (χ1) is 9.76. The summed E-state index contributed by atoms with van der Waals surface area (Å²) in [5.41, 5.74) is 3.48. The molecule has 1 aromatic rings. The number of nitrogens with two attached hydrogens (primary N) is 1. The summed E-state index contributed by atoms with van der Waals surface area (Å²) in [5, 5.41) is 20.0. The van der Waals surface area contributed by atoms with Gasteiger partial charge in [-0.1, -0.05) is 17.7 Å². The average Bonchev–Trinajstić information content (AvgIpc) is 2.82. The van der Waals surface area contributed by atoms with Gasteiger partial charge in [0, 0.05) is 19.2 Å². The van der Waals surface area contributed by atoms with Crippen molar-refractivity contribution in [3.8, 4) is 0 Å². The van der Waals surface area contributed by atoms with Crippen LogP contribution in [-0.2, 0) is 4.79 Å². The lowest BCUT2D eigenvalue weighted by Gasteiger charge is -2.20. The summed E-state index contributed by atoms with van der Waals surface area (Å²) in [6, 6.07) is 3.90. The molecule has 9 heteroatoms. The minimum Gasteiger partial charge on any atom is -0.480 e. The minimum absolute atomic E-state index is 0.0564. The second kappa shape index (κ2) is 5.30. The number of likely N-dealkylation sites (tertiary alicyclic amines) is 1. The highest BCUT2D eigenvalue weighted by atomic mass is 35.5. The third-order valence-electron chi connectivity index (χ3n) is 3.42. The fraction of sp³-hybridized carbons (Fsp3) is 0.333. The van der Waals surface area contributed by atoms with Crippen LogP contribution in [0.2, 0.25) is 5.02 Å². The summed E-state index contributed by atoms with van der Waals surface area (Å²) in [6.07, 6.45) is 0.0757. The highest BCUT2D eigenvalue weighted by molar-refractivity contribution is 6.34. The van der Waals surface area contributed by atoms with Crippen molar-refractivity contribution in [2.45, 2.75) is 12.0 Å². The topological polar surface area (TPSA) is 127 Å². The van der Waals surface area contributed by atoms with Gasteiger partial charge in [-0.05, 0) is 12.5 Å². The number of carbonyl (C=O) groups is 2. The van der Waals surface area contributed by atoms with Crippen molar-refractivity contribution in [2.24, 2.45) is 5.73 Å². The summed E-state index contributed by atoms with van der Waals surface area (Å²) < 4.78 is 0. The molecule has 8 nitrogen and oxygen atoms in total. The Hall–Kier alpha value is -2.19. The first-order valence-corrected chi connectivity index (χ1v) is 6.38. The molecule has 1 aromatic carbocycles. The molecule has 1 heterocycles. The summed E-state index contributed by atoms with van der Waals surface area (Å²) in [5.74, 6) is -1.91. The third-order valence-corrected chi connectivity index (χ3v) is 3.73. The molecule has 0 radical (unpaired) electrons. The molecule has 1 saturated heterocycles. The number of nitrogens with zero attached hydrogens (tertiary/aromatic N) is 2. The molecule has 0 saturated carbocycles. The molecular weight excluding hydrogens is 302 g/mol. The van der Waals surface area contributed by atoms with Gasteiger partial charge in [-0.3, -0.25) is 19.7 Å². The predicted octanol–water partition coefficient (Wildman–Crippen LogP) is 0.876. The molecule has 1 aliphatic rings. The Morgan fingerprint density at radius 3 is 2.67 bits per heavy atom. The van der Waals surface area contributed by atoms with Crippen molar-refractivity contribution < 1.29 is 19.6 Å². The second-order valence-electron chi connectivity index (χ2n) is 4.83. The molecule has 112 valence electrons. The Balaban J connectivity index is 2.35. The molecule has 3 N–H and O–H groups in total. The van der Waals surface area contributed by atoms with E-state index in [0.717, 1.165) is 0 Å². The van der Waals surface area contributed by atoms with Crippen molar-refractivity contribution in [1.82, 2.24) is 4.90 Å². The number of rotatable bonds is 3. The maximum absolute atomic E-state index is 12.4. The van der Waals surface area contributed by atoms with Gasteiger partial charge in [0.05, 0.1) is 9.95 Å². The highest BCUT2D eigenvalue weighted by Crippen LogP contribution is 2.30. The van der Waals surface area contributed by atoms with Crippen LogP contribution in [0, 0.1) is 10.1 Å². The SMILES string of the molecule is NC1(C(=O)O)CCN(C(=O)c2c(Cl)cccc2[N+](=O)[O-])C1. The third kappa shape index (κ3) is 2.67. The van der Waals surface area contributed by atoms with Gasteiger partial charge in [-0.25, -0.2) is 0 Å². The molecule has 1 aliphatic heterocycles. The lowest BCUT2D eigenvalue weighted by molar-refractivity contribution is -0.385. The number of amides is 1. The number of halogens is 1. The van der Waals surface area contributed by atoms with E-state index in [9.17, 15) is 19.7 Å². The van der Waals surface area contributed by atoms with Gasteiger partial charge in [-0.15, -0.1) is 0 Å². The van der Waals surface area contributed by atoms with Gasteiger partial charge in [0.25, 0.3) is 11.6 Å². The molecular formula is C12H12ClN3O5. The number of carbonyl (C=O) groups excluding carboxylic acids is 1. The van der Waals surface area contributed by atoms with Gasteiger partial charge in [0.2, 0.25) is 0 Å². The molecule has 0 bridgehead atoms. The number of aliphatic carboxylic acids is 1. The quantitative estimate of drug-likeness (QED) is 0.630. The maximum atomic E-state index is 12.4. The van der Waals surface area contributed by atoms with Crippen molar-refractivity contribution in [3.05, 3.63) is 38.9 Å². The van der Waals surface area contributed by atoms with Gasteiger partial charge in [0.15, 0.2) is 0 Å². The zero-order chi connectivity index (χ0) is 15.8. The molecule has 1 fully saturated rings. The average molecular weight is 314 g/mol. The number of nitro groups is 1. The Morgan fingerprint density at radius 2 is 2.14 bits per heavy atom. The van der Waals surface area contributed by atoms with E-state index in [1.54, 1.807) is 0 Å². The van der Waals surface area contributed by atoms with E-state index in [-0.39, 0.29) is 30.1 Å². The first-order valence-electron chi connectivity index (χ1n) is 6.01. The van der Waals surface area contributed by atoms with E-state index in [0.29, 0.717) is 0 Å². The standard InChI is InChI=1S/C12H12ClN3O5/c13-7-2-1-3-8(16(20)21)9(7)10(17)15-5-4-12(14,6-15)11(18)19/h1-3H,4-6,14H2,(H,18,19). The van der Waals surface area contributed by atoms with Crippen LogP contribution in [0.25, 0.3) is 0 Å². The van der Waals surface area contributed by atoms with Crippen LogP contribution in [0.15, 0.2) is 18.2 Å². The van der Waals surface area contributed by atoms with Crippen molar-refractivity contribution in [3.63, 3.8) is 0 Å². The predicted molar refractivity (Wildman–Crippen MR) is 73.2 cm³/mol. The van der Waals surface area contributed by atoms with Crippen molar-refractivity contribution in [2.75, 3.05) is 13.1 Å². The Bertz CT molecular complexity index is 635. The van der Waals surface area contributed by atoms with Gasteiger partial charge in [0.1, 0.15) is 11.1 Å². The largest absolute Gasteiger partial charge is 0.480 e. The van der Waals surface area contributed by atoms with Crippen LogP contribution < -0.4 is 5.73 Å². The number of carboxylic acids is 1. The van der Waals surface area contributed by atoms with E-state index < -0.39 is 28.0 Å². The Kier molecular flexibility index (Phi) is 3.84. The molecule has 21 heavy (non-hydrogen) atoms. The van der Waals surface area contributed by atoms with Crippen LogP contribution in [0.4, 0.5) is 5.69 Å². The van der Waals surface area contributed by atoms with Crippen LogP contribution in [-0.4, -0.2) is 45.4 Å². The summed E-state index contributed by atoms with van der Waals surface area (Å²) in [6.45, 7) is -0.118. The fourth-order valence-corrected chi connectivity index (χ4v) is 2.47. The molecule has 0 aliphatic carbocycles. The monoisotopic (exact) mass is 313 g/mol. The molecule has 0 spiro atoms. The van der Waals surface area contributed by atoms with E-state index in [2.05, 4.69) is 0 Å². The molecule has 0 aromatic heterocycles. The summed E-state index contributed by atoms with van der Waals surface area (Å²) in [4.78, 5) is 34.9. The Morgan fingerprint density at radius 1 is 1.48 bits per heavy atom. The normalized spacial score (nSPS) is 21.3. The number of carboxylic acid groups (broad SMARTS) is 1. The second-order valence-corrected chi connectivity index (χ2v) is 5.24. The fourth-order valence-electron chi connectivity index (χ4n) is 2.22. The molecule has 1 atom stereocenters. The number of hydrogen-bond acceptors (Lipinski definition) is 5. The van der Waals surface area contributed by atoms with Crippen LogP contribution in [0.1, 0.15) is 16.8 Å². The summed E-state index contributed by atoms with van der Waals surface area (Å²) >= 11 is 5.88. The zero-order valence-electron chi connectivity index (χ0n) is 10.8. The number of benzene rings is 1.